The number of benzene rings is 2. The average molecular weight is 419 g/mol. The van der Waals surface area contributed by atoms with E-state index in [1.165, 1.54) is 10.5 Å². The molecule has 0 aromatic heterocycles. The number of halogens is 1. The molecule has 3 rings (SSSR count). The molecule has 6 heteroatoms. The first kappa shape index (κ1) is 21.1. The summed E-state index contributed by atoms with van der Waals surface area (Å²) in [5.41, 5.74) is 4.40. The monoisotopic (exact) mass is 418 g/mol. The predicted octanol–water partition coefficient (Wildman–Crippen LogP) is 3.29. The fraction of sp³-hybridized carbons (Fsp3) is 0.409. The second-order valence-corrected chi connectivity index (χ2v) is 8.30. The van der Waals surface area contributed by atoms with Gasteiger partial charge in [0.15, 0.2) is 5.11 Å². The molecule has 2 aromatic rings. The molecular weight excluding hydrogens is 390 g/mol. The fourth-order valence-corrected chi connectivity index (χ4v) is 4.65. The third kappa shape index (κ3) is 5.23. The van der Waals surface area contributed by atoms with Gasteiger partial charge in [0, 0.05) is 5.56 Å². The van der Waals surface area contributed by atoms with Crippen LogP contribution in [-0.4, -0.2) is 37.5 Å². The number of morpholine rings is 1. The third-order valence-corrected chi connectivity index (χ3v) is 5.78. The molecule has 1 saturated heterocycles. The summed E-state index contributed by atoms with van der Waals surface area (Å²) in [7, 11) is 0. The summed E-state index contributed by atoms with van der Waals surface area (Å²) >= 11 is 12.0. The van der Waals surface area contributed by atoms with Crippen LogP contribution in [0.5, 0.6) is 0 Å². The minimum Gasteiger partial charge on any atom is -0.370 e. The van der Waals surface area contributed by atoms with Crippen LogP contribution in [0, 0.1) is 13.8 Å². The largest absolute Gasteiger partial charge is 0.370 e. The first-order valence-electron chi connectivity index (χ1n) is 9.77. The first-order chi connectivity index (χ1) is 13.5. The molecule has 2 atom stereocenters. The van der Waals surface area contributed by atoms with Crippen molar-refractivity contribution in [3.8, 4) is 0 Å². The molecule has 1 heterocycles. The van der Waals surface area contributed by atoms with Gasteiger partial charge in [-0.25, -0.2) is 0 Å². The van der Waals surface area contributed by atoms with E-state index >= 15 is 0 Å². The van der Waals surface area contributed by atoms with Crippen molar-refractivity contribution in [2.45, 2.75) is 32.9 Å². The summed E-state index contributed by atoms with van der Waals surface area (Å²) in [6.45, 7) is 9.86. The minimum absolute atomic E-state index is 0.153. The number of nitrogens with one attached hydrogen (secondary N) is 3. The Hall–Kier alpha value is -1.66. The smallest absolute Gasteiger partial charge is 0.171 e. The van der Waals surface area contributed by atoms with Gasteiger partial charge in [-0.2, -0.15) is 0 Å². The Labute approximate surface area is 178 Å². The van der Waals surface area contributed by atoms with Gasteiger partial charge in [0.1, 0.15) is 19.1 Å². The number of anilines is 1. The van der Waals surface area contributed by atoms with E-state index in [-0.39, 0.29) is 6.04 Å². The summed E-state index contributed by atoms with van der Waals surface area (Å²) in [4.78, 5) is 1.52. The number of ether oxygens (including phenoxy) is 1. The Morgan fingerprint density at radius 2 is 1.82 bits per heavy atom. The van der Waals surface area contributed by atoms with E-state index in [9.17, 15) is 0 Å². The number of rotatable bonds is 5. The third-order valence-electron chi connectivity index (χ3n) is 5.26. The molecule has 1 aliphatic heterocycles. The van der Waals surface area contributed by atoms with Crippen LogP contribution in [0.4, 0.5) is 5.69 Å². The van der Waals surface area contributed by atoms with Crippen molar-refractivity contribution < 1.29 is 9.64 Å². The zero-order chi connectivity index (χ0) is 20.1. The van der Waals surface area contributed by atoms with Crippen molar-refractivity contribution >= 4 is 34.6 Å². The number of aryl methyl sites for hydroxylation is 2. The molecule has 0 radical (unpaired) electrons. The lowest BCUT2D eigenvalue weighted by Gasteiger charge is -2.36. The molecule has 0 aliphatic carbocycles. The standard InChI is InChI=1S/C22H28ClN3OS/c1-15-13-16(2)20(19(23)14-15)25-22(28)24-17(3)21(18-7-5-4-6-8-18)26-9-11-27-12-10-26/h4-8,13-14,17,21H,9-12H2,1-3H3,(H2,24,25,28)/p+1/t17-,21+/m1/s1. The molecular formula is C22H29ClN3OS+. The fourth-order valence-electron chi connectivity index (χ4n) is 4.00. The number of hydrogen-bond acceptors (Lipinski definition) is 2. The van der Waals surface area contributed by atoms with Gasteiger partial charge in [-0.15, -0.1) is 0 Å². The second-order valence-electron chi connectivity index (χ2n) is 7.48. The van der Waals surface area contributed by atoms with E-state index in [0.29, 0.717) is 16.2 Å². The van der Waals surface area contributed by atoms with E-state index in [0.717, 1.165) is 43.1 Å². The highest BCUT2D eigenvalue weighted by atomic mass is 35.5. The van der Waals surface area contributed by atoms with Crippen molar-refractivity contribution in [1.82, 2.24) is 5.32 Å². The summed E-state index contributed by atoms with van der Waals surface area (Å²) in [5, 5.41) is 8.07. The van der Waals surface area contributed by atoms with Gasteiger partial charge in [0.2, 0.25) is 0 Å². The summed E-state index contributed by atoms with van der Waals surface area (Å²) in [6, 6.07) is 15.1. The molecule has 0 bridgehead atoms. The Balaban J connectivity index is 1.74. The van der Waals surface area contributed by atoms with Crippen LogP contribution in [-0.2, 0) is 4.74 Å². The molecule has 4 nitrogen and oxygen atoms in total. The topological polar surface area (TPSA) is 37.7 Å². The van der Waals surface area contributed by atoms with E-state index in [2.05, 4.69) is 54.0 Å². The summed E-state index contributed by atoms with van der Waals surface area (Å²) < 4.78 is 5.57. The lowest BCUT2D eigenvalue weighted by atomic mass is 9.98. The first-order valence-corrected chi connectivity index (χ1v) is 10.6. The molecule has 0 amide bonds. The Bertz CT molecular complexity index is 786. The van der Waals surface area contributed by atoms with Gasteiger partial charge in [0.05, 0.1) is 30.0 Å². The molecule has 0 unspecified atom stereocenters. The second kappa shape index (κ2) is 9.70. The maximum absolute atomic E-state index is 6.43. The minimum atomic E-state index is 0.153. The van der Waals surface area contributed by atoms with Crippen molar-refractivity contribution in [2.24, 2.45) is 0 Å². The van der Waals surface area contributed by atoms with Crippen LogP contribution >= 0.6 is 23.8 Å². The lowest BCUT2D eigenvalue weighted by molar-refractivity contribution is -0.940. The summed E-state index contributed by atoms with van der Waals surface area (Å²) in [5.74, 6) is 0. The lowest BCUT2D eigenvalue weighted by Crippen LogP contribution is -3.15. The van der Waals surface area contributed by atoms with Gasteiger partial charge in [-0.3, -0.25) is 0 Å². The van der Waals surface area contributed by atoms with Crippen molar-refractivity contribution in [2.75, 3.05) is 31.6 Å². The maximum Gasteiger partial charge on any atom is 0.171 e. The molecule has 1 aliphatic rings. The van der Waals surface area contributed by atoms with Gasteiger partial charge in [0.25, 0.3) is 0 Å². The highest BCUT2D eigenvalue weighted by molar-refractivity contribution is 7.80. The van der Waals surface area contributed by atoms with Crippen molar-refractivity contribution in [1.29, 1.82) is 0 Å². The molecule has 2 aromatic carbocycles. The number of hydrogen-bond donors (Lipinski definition) is 3. The summed E-state index contributed by atoms with van der Waals surface area (Å²) in [6.07, 6.45) is 0. The number of thiocarbonyl (C=S) groups is 1. The van der Waals surface area contributed by atoms with E-state index in [4.69, 9.17) is 28.6 Å². The number of quaternary nitrogens is 1. The van der Waals surface area contributed by atoms with E-state index in [1.807, 2.05) is 19.9 Å². The van der Waals surface area contributed by atoms with Crippen molar-refractivity contribution in [3.05, 3.63) is 64.2 Å². The molecule has 3 N–H and O–H groups in total. The highest BCUT2D eigenvalue weighted by Gasteiger charge is 2.31. The molecule has 0 saturated carbocycles. The zero-order valence-electron chi connectivity index (χ0n) is 16.7. The van der Waals surface area contributed by atoms with Crippen LogP contribution in [0.15, 0.2) is 42.5 Å². The Morgan fingerprint density at radius 3 is 2.46 bits per heavy atom. The quantitative estimate of drug-likeness (QED) is 0.651. The molecule has 28 heavy (non-hydrogen) atoms. The molecule has 1 fully saturated rings. The van der Waals surface area contributed by atoms with Gasteiger partial charge >= 0.3 is 0 Å². The van der Waals surface area contributed by atoms with Gasteiger partial charge in [-0.05, 0) is 50.2 Å². The van der Waals surface area contributed by atoms with E-state index < -0.39 is 0 Å². The molecule has 0 spiro atoms. The Kier molecular flexibility index (Phi) is 7.30. The Morgan fingerprint density at radius 1 is 1.14 bits per heavy atom. The highest BCUT2D eigenvalue weighted by Crippen LogP contribution is 2.27. The van der Waals surface area contributed by atoms with Crippen LogP contribution in [0.25, 0.3) is 0 Å². The van der Waals surface area contributed by atoms with Crippen LogP contribution in [0.1, 0.15) is 29.7 Å². The predicted molar refractivity (Wildman–Crippen MR) is 120 cm³/mol. The average Bonchev–Trinajstić information content (AvgIpc) is 2.66. The van der Waals surface area contributed by atoms with Gasteiger partial charge < -0.3 is 20.3 Å². The van der Waals surface area contributed by atoms with Crippen LogP contribution < -0.4 is 15.5 Å². The maximum atomic E-state index is 6.43. The van der Waals surface area contributed by atoms with Gasteiger partial charge in [-0.1, -0.05) is 48.0 Å². The normalized spacial score (nSPS) is 17.0. The van der Waals surface area contributed by atoms with Crippen LogP contribution in [0.2, 0.25) is 5.02 Å². The van der Waals surface area contributed by atoms with E-state index in [1.54, 1.807) is 0 Å². The van der Waals surface area contributed by atoms with Crippen LogP contribution in [0.3, 0.4) is 0 Å². The SMILES string of the molecule is Cc1cc(C)c(NC(=S)N[C@H](C)[C@@H](c2ccccc2)[NH+]2CCOCC2)c(Cl)c1. The van der Waals surface area contributed by atoms with Crippen molar-refractivity contribution in [3.63, 3.8) is 0 Å². The zero-order valence-corrected chi connectivity index (χ0v) is 18.3. The molecule has 150 valence electrons.